The van der Waals surface area contributed by atoms with E-state index in [2.05, 4.69) is 25.8 Å². The van der Waals surface area contributed by atoms with E-state index in [0.717, 1.165) is 54.7 Å². The van der Waals surface area contributed by atoms with E-state index in [0.29, 0.717) is 16.9 Å². The summed E-state index contributed by atoms with van der Waals surface area (Å²) < 4.78 is 6.33. The SMILES string of the molecule is CC(=O)Nc1ccc(NC(=O)c2ccc3nc(NCCN4CCOCC4)sc3c2)cc1. The average Bonchev–Trinajstić information content (AvgIpc) is 3.17. The van der Waals surface area contributed by atoms with Crippen molar-refractivity contribution < 1.29 is 14.3 Å². The number of fused-ring (bicyclic) bond motifs is 1. The van der Waals surface area contributed by atoms with Crippen LogP contribution in [0.4, 0.5) is 16.5 Å². The largest absolute Gasteiger partial charge is 0.379 e. The second-order valence-corrected chi connectivity index (χ2v) is 8.33. The molecule has 1 aromatic heterocycles. The third-order valence-electron chi connectivity index (χ3n) is 4.92. The third-order valence-corrected chi connectivity index (χ3v) is 5.90. The molecule has 0 atom stereocenters. The number of hydrogen-bond donors (Lipinski definition) is 3. The van der Waals surface area contributed by atoms with Crippen LogP contribution in [-0.2, 0) is 9.53 Å². The summed E-state index contributed by atoms with van der Waals surface area (Å²) in [6.07, 6.45) is 0. The van der Waals surface area contributed by atoms with Crippen molar-refractivity contribution in [2.75, 3.05) is 55.3 Å². The van der Waals surface area contributed by atoms with Gasteiger partial charge in [-0.3, -0.25) is 14.5 Å². The van der Waals surface area contributed by atoms with E-state index in [4.69, 9.17) is 4.74 Å². The zero-order valence-corrected chi connectivity index (χ0v) is 18.1. The minimum absolute atomic E-state index is 0.135. The smallest absolute Gasteiger partial charge is 0.255 e. The van der Waals surface area contributed by atoms with Crippen LogP contribution in [0.15, 0.2) is 42.5 Å². The zero-order chi connectivity index (χ0) is 21.6. The lowest BCUT2D eigenvalue weighted by molar-refractivity contribution is -0.114. The average molecular weight is 440 g/mol. The number of aromatic nitrogens is 1. The molecule has 1 fully saturated rings. The van der Waals surface area contributed by atoms with E-state index in [1.807, 2.05) is 12.1 Å². The molecular weight excluding hydrogens is 414 g/mol. The summed E-state index contributed by atoms with van der Waals surface area (Å²) in [6.45, 7) is 6.76. The highest BCUT2D eigenvalue weighted by molar-refractivity contribution is 7.22. The summed E-state index contributed by atoms with van der Waals surface area (Å²) in [5.74, 6) is -0.325. The fraction of sp³-hybridized carbons (Fsp3) is 0.318. The van der Waals surface area contributed by atoms with Crippen LogP contribution in [0, 0.1) is 0 Å². The Kier molecular flexibility index (Phi) is 6.76. The molecule has 0 bridgehead atoms. The topological polar surface area (TPSA) is 95.6 Å². The normalized spacial score (nSPS) is 14.4. The molecule has 1 aliphatic heterocycles. The second-order valence-electron chi connectivity index (χ2n) is 7.29. The van der Waals surface area contributed by atoms with Gasteiger partial charge in [-0.05, 0) is 42.5 Å². The predicted octanol–water partition coefficient (Wildman–Crippen LogP) is 3.25. The number of carbonyl (C=O) groups is 2. The molecule has 2 heterocycles. The Morgan fingerprint density at radius 2 is 1.77 bits per heavy atom. The predicted molar refractivity (Wildman–Crippen MR) is 124 cm³/mol. The van der Waals surface area contributed by atoms with E-state index in [1.165, 1.54) is 6.92 Å². The maximum atomic E-state index is 12.6. The molecule has 3 N–H and O–H groups in total. The van der Waals surface area contributed by atoms with Crippen molar-refractivity contribution in [1.29, 1.82) is 0 Å². The number of nitrogens with one attached hydrogen (secondary N) is 3. The van der Waals surface area contributed by atoms with Crippen molar-refractivity contribution >= 4 is 49.9 Å². The summed E-state index contributed by atoms with van der Waals surface area (Å²) in [5.41, 5.74) is 2.79. The lowest BCUT2D eigenvalue weighted by Crippen LogP contribution is -2.38. The van der Waals surface area contributed by atoms with Crippen molar-refractivity contribution in [3.8, 4) is 0 Å². The standard InChI is InChI=1S/C22H25N5O3S/c1-15(28)24-17-3-5-18(6-4-17)25-21(29)16-2-7-19-20(14-16)31-22(26-19)23-8-9-27-10-12-30-13-11-27/h2-7,14H,8-13H2,1H3,(H,23,26)(H,24,28)(H,25,29). The first kappa shape index (κ1) is 21.2. The van der Waals surface area contributed by atoms with Gasteiger partial charge in [-0.1, -0.05) is 11.3 Å². The van der Waals surface area contributed by atoms with Gasteiger partial charge in [0.1, 0.15) is 0 Å². The van der Waals surface area contributed by atoms with Crippen molar-refractivity contribution in [2.45, 2.75) is 6.92 Å². The van der Waals surface area contributed by atoms with Crippen LogP contribution >= 0.6 is 11.3 Å². The van der Waals surface area contributed by atoms with Gasteiger partial charge in [0.25, 0.3) is 5.91 Å². The van der Waals surface area contributed by atoms with Crippen molar-refractivity contribution in [3.63, 3.8) is 0 Å². The van der Waals surface area contributed by atoms with E-state index in [-0.39, 0.29) is 11.8 Å². The Morgan fingerprint density at radius 3 is 2.48 bits per heavy atom. The number of amides is 2. The lowest BCUT2D eigenvalue weighted by Gasteiger charge is -2.26. The van der Waals surface area contributed by atoms with Crippen LogP contribution in [-0.4, -0.2) is 61.1 Å². The van der Waals surface area contributed by atoms with E-state index < -0.39 is 0 Å². The molecule has 0 saturated carbocycles. The quantitative estimate of drug-likeness (QED) is 0.523. The highest BCUT2D eigenvalue weighted by atomic mass is 32.1. The summed E-state index contributed by atoms with van der Waals surface area (Å²) in [4.78, 5) is 30.7. The Bertz CT molecular complexity index is 1060. The second kappa shape index (κ2) is 9.86. The maximum absolute atomic E-state index is 12.6. The van der Waals surface area contributed by atoms with Gasteiger partial charge in [0.2, 0.25) is 5.91 Å². The molecule has 162 valence electrons. The van der Waals surface area contributed by atoms with E-state index in [9.17, 15) is 9.59 Å². The Balaban J connectivity index is 1.35. The molecule has 0 aliphatic carbocycles. The number of anilines is 3. The number of carbonyl (C=O) groups excluding carboxylic acids is 2. The first-order valence-corrected chi connectivity index (χ1v) is 11.0. The van der Waals surface area contributed by atoms with E-state index >= 15 is 0 Å². The van der Waals surface area contributed by atoms with Crippen LogP contribution in [0.1, 0.15) is 17.3 Å². The molecule has 2 aromatic carbocycles. The number of nitrogens with zero attached hydrogens (tertiary/aromatic N) is 2. The lowest BCUT2D eigenvalue weighted by atomic mass is 10.2. The van der Waals surface area contributed by atoms with Gasteiger partial charge in [0, 0.05) is 50.0 Å². The molecule has 9 heteroatoms. The molecule has 31 heavy (non-hydrogen) atoms. The molecular formula is C22H25N5O3S. The fourth-order valence-electron chi connectivity index (χ4n) is 3.33. The summed E-state index contributed by atoms with van der Waals surface area (Å²) in [6, 6.07) is 12.5. The van der Waals surface area contributed by atoms with Crippen LogP contribution < -0.4 is 16.0 Å². The first-order valence-electron chi connectivity index (χ1n) is 10.2. The van der Waals surface area contributed by atoms with Crippen molar-refractivity contribution in [1.82, 2.24) is 9.88 Å². The number of thiazole rings is 1. The molecule has 8 nitrogen and oxygen atoms in total. The van der Waals surface area contributed by atoms with Gasteiger partial charge in [-0.15, -0.1) is 0 Å². The van der Waals surface area contributed by atoms with Crippen molar-refractivity contribution in [2.24, 2.45) is 0 Å². The number of ether oxygens (including phenoxy) is 1. The molecule has 4 rings (SSSR count). The van der Waals surface area contributed by atoms with Gasteiger partial charge < -0.3 is 20.7 Å². The molecule has 0 unspecified atom stereocenters. The summed E-state index contributed by atoms with van der Waals surface area (Å²) >= 11 is 1.54. The van der Waals surface area contributed by atoms with Gasteiger partial charge in [0.15, 0.2) is 5.13 Å². The summed E-state index contributed by atoms with van der Waals surface area (Å²) in [5, 5.41) is 9.82. The van der Waals surface area contributed by atoms with Crippen LogP contribution in [0.2, 0.25) is 0 Å². The van der Waals surface area contributed by atoms with Crippen LogP contribution in [0.25, 0.3) is 10.2 Å². The molecule has 3 aromatic rings. The number of benzene rings is 2. The molecule has 0 spiro atoms. The Labute approximate surface area is 184 Å². The van der Waals surface area contributed by atoms with Crippen molar-refractivity contribution in [3.05, 3.63) is 48.0 Å². The van der Waals surface area contributed by atoms with Gasteiger partial charge in [-0.25, -0.2) is 4.98 Å². The van der Waals surface area contributed by atoms with Gasteiger partial charge in [-0.2, -0.15) is 0 Å². The molecule has 1 aliphatic rings. The Morgan fingerprint density at radius 1 is 1.06 bits per heavy atom. The monoisotopic (exact) mass is 439 g/mol. The van der Waals surface area contributed by atoms with Crippen LogP contribution in [0.3, 0.4) is 0 Å². The minimum atomic E-state index is -0.190. The minimum Gasteiger partial charge on any atom is -0.379 e. The molecule has 1 saturated heterocycles. The van der Waals surface area contributed by atoms with Crippen LogP contribution in [0.5, 0.6) is 0 Å². The van der Waals surface area contributed by atoms with Gasteiger partial charge in [0.05, 0.1) is 23.4 Å². The Hall–Kier alpha value is -3.01. The number of rotatable bonds is 7. The fourth-order valence-corrected chi connectivity index (χ4v) is 4.26. The number of morpholine rings is 1. The zero-order valence-electron chi connectivity index (χ0n) is 17.3. The highest BCUT2D eigenvalue weighted by Gasteiger charge is 2.12. The highest BCUT2D eigenvalue weighted by Crippen LogP contribution is 2.27. The van der Waals surface area contributed by atoms with E-state index in [1.54, 1.807) is 41.7 Å². The maximum Gasteiger partial charge on any atom is 0.255 e. The van der Waals surface area contributed by atoms with Gasteiger partial charge >= 0.3 is 0 Å². The number of hydrogen-bond acceptors (Lipinski definition) is 7. The molecule has 0 radical (unpaired) electrons. The molecule has 2 amide bonds. The third kappa shape index (κ3) is 5.78. The first-order chi connectivity index (χ1) is 15.1. The summed E-state index contributed by atoms with van der Waals surface area (Å²) in [7, 11) is 0.